The molecule has 0 aliphatic carbocycles. The first-order chi connectivity index (χ1) is 31.3. The summed E-state index contributed by atoms with van der Waals surface area (Å²) in [4.78, 5) is 46.9. The Balaban J connectivity index is 0.000000179. The van der Waals surface area contributed by atoms with Crippen molar-refractivity contribution in [2.45, 2.75) is 64.8 Å². The van der Waals surface area contributed by atoms with Crippen molar-refractivity contribution in [1.29, 1.82) is 0 Å². The number of hydrogen-bond donors (Lipinski definition) is 4. The zero-order valence-corrected chi connectivity index (χ0v) is 38.6. The molecule has 65 heavy (non-hydrogen) atoms. The van der Waals surface area contributed by atoms with Gasteiger partial charge in [0.1, 0.15) is 5.15 Å². The highest BCUT2D eigenvalue weighted by atomic mass is 35.5. The Hall–Kier alpha value is -6.32. The monoisotopic (exact) mass is 934 g/mol. The number of halogens is 1. The van der Waals surface area contributed by atoms with Crippen LogP contribution < -0.4 is 10.6 Å². The molecule has 7 aromatic heterocycles. The van der Waals surface area contributed by atoms with E-state index in [1.165, 1.54) is 22.7 Å². The number of amides is 2. The number of carbonyl (C=O) groups is 2. The average molecular weight is 936 g/mol. The minimum atomic E-state index is -0.477. The van der Waals surface area contributed by atoms with Crippen LogP contribution >= 0.6 is 34.3 Å². The SMILES string of the molecule is CC(C)Nc1cc(-c2cccc(-c3cnn(C)c3)n2)ncc1-c1nnc(C(=O)N2CC[C@@H](O)C2)s1.CC(C)Nc1cc(-c2cccc(Cl)n2)ncc1-c1nnc(C(=O)N2CC[C@@H](O)C2)s1. The molecule has 18 nitrogen and oxygen atoms in total. The van der Waals surface area contributed by atoms with Crippen LogP contribution in [0.2, 0.25) is 5.15 Å². The molecule has 2 saturated heterocycles. The molecule has 2 amide bonds. The number of nitrogens with one attached hydrogen (secondary N) is 2. The predicted molar refractivity (Wildman–Crippen MR) is 251 cm³/mol. The first kappa shape index (κ1) is 45.3. The van der Waals surface area contributed by atoms with Gasteiger partial charge < -0.3 is 30.6 Å². The summed E-state index contributed by atoms with van der Waals surface area (Å²) in [6.07, 6.45) is 7.38. The third-order valence-electron chi connectivity index (χ3n) is 10.3. The fourth-order valence-corrected chi connectivity index (χ4v) is 9.03. The third kappa shape index (κ3) is 10.8. The van der Waals surface area contributed by atoms with Crippen molar-refractivity contribution in [2.75, 3.05) is 36.8 Å². The van der Waals surface area contributed by atoms with E-state index in [4.69, 9.17) is 16.6 Å². The molecule has 21 heteroatoms. The van der Waals surface area contributed by atoms with Gasteiger partial charge in [-0.25, -0.2) is 9.97 Å². The first-order valence-corrected chi connectivity index (χ1v) is 23.0. The third-order valence-corrected chi connectivity index (χ3v) is 12.4. The fourth-order valence-electron chi connectivity index (χ4n) is 7.20. The number of β-amino-alcohol motifs (C(OH)–C–C–N with tert-alkyl or cyclic N) is 2. The Kier molecular flexibility index (Phi) is 13.8. The van der Waals surface area contributed by atoms with Crippen LogP contribution in [0.1, 0.15) is 60.1 Å². The molecule has 0 spiro atoms. The molecule has 0 radical (unpaired) electrons. The average Bonchev–Trinajstić information content (AvgIpc) is 4.15. The number of hydrogen-bond acceptors (Lipinski definition) is 17. The molecule has 0 aromatic carbocycles. The van der Waals surface area contributed by atoms with E-state index < -0.39 is 12.2 Å². The van der Waals surface area contributed by atoms with E-state index in [1.54, 1.807) is 39.1 Å². The second-order valence-corrected chi connectivity index (χ2v) is 18.5. The molecule has 0 unspecified atom stereocenters. The fraction of sp³-hybridized carbons (Fsp3) is 0.341. The molecule has 2 aliphatic rings. The van der Waals surface area contributed by atoms with Gasteiger partial charge in [0.2, 0.25) is 10.0 Å². The van der Waals surface area contributed by atoms with E-state index in [0.29, 0.717) is 75.6 Å². The maximum Gasteiger partial charge on any atom is 0.284 e. The van der Waals surface area contributed by atoms with Crippen LogP contribution in [0.3, 0.4) is 0 Å². The summed E-state index contributed by atoms with van der Waals surface area (Å²) in [7, 11) is 1.87. The summed E-state index contributed by atoms with van der Waals surface area (Å²) >= 11 is 8.46. The van der Waals surface area contributed by atoms with Crippen molar-refractivity contribution >= 4 is 57.5 Å². The van der Waals surface area contributed by atoms with Crippen LogP contribution in [-0.4, -0.2) is 132 Å². The van der Waals surface area contributed by atoms with Gasteiger partial charge in [-0.2, -0.15) is 5.10 Å². The van der Waals surface area contributed by atoms with Crippen LogP contribution in [0.25, 0.3) is 55.2 Å². The summed E-state index contributed by atoms with van der Waals surface area (Å²) < 4.78 is 1.74. The standard InChI is InChI=1S/C24H26N8O2S.C20H21ClN6O2S/c1-14(2)27-20-9-21(19-6-4-5-18(28-19)15-10-26-31(3)12-15)25-11-17(20)22-29-30-23(35-22)24(34)32-8-7-16(33)13-32;1-11(2)23-15-8-16(14-4-3-5-17(21)24-14)22-9-13(15)18-25-26-19(30-18)20(29)27-7-6-12(28)10-27/h4-6,9-12,14,16,33H,7-8,13H2,1-3H3,(H,25,27);3-5,8-9,11-12,28H,6-7,10H2,1-2H3,(H,22,23)/t16-;12-/m11/s1. The molecule has 0 bridgehead atoms. The number of rotatable bonds is 11. The smallest absolute Gasteiger partial charge is 0.284 e. The zero-order valence-electron chi connectivity index (χ0n) is 36.3. The number of aromatic nitrogens is 10. The highest BCUT2D eigenvalue weighted by Gasteiger charge is 2.30. The van der Waals surface area contributed by atoms with Gasteiger partial charge in [-0.3, -0.25) is 24.2 Å². The van der Waals surface area contributed by atoms with Crippen LogP contribution in [0.15, 0.2) is 73.3 Å². The number of likely N-dealkylation sites (tertiary alicyclic amines) is 2. The van der Waals surface area contributed by atoms with Gasteiger partial charge in [0, 0.05) is 80.8 Å². The molecule has 7 aromatic rings. The van der Waals surface area contributed by atoms with Crippen molar-refractivity contribution in [2.24, 2.45) is 7.05 Å². The molecule has 0 saturated carbocycles. The van der Waals surface area contributed by atoms with Gasteiger partial charge in [-0.05, 0) is 76.9 Å². The molecular weight excluding hydrogens is 888 g/mol. The maximum absolute atomic E-state index is 12.8. The predicted octanol–water partition coefficient (Wildman–Crippen LogP) is 6.43. The second kappa shape index (κ2) is 19.8. The van der Waals surface area contributed by atoms with Crippen LogP contribution in [0.4, 0.5) is 11.4 Å². The number of nitrogens with zero attached hydrogens (tertiary/aromatic N) is 12. The van der Waals surface area contributed by atoms with Crippen molar-refractivity contribution in [3.05, 3.63) is 88.5 Å². The zero-order chi connectivity index (χ0) is 45.8. The van der Waals surface area contributed by atoms with Gasteiger partial charge in [-0.15, -0.1) is 20.4 Å². The first-order valence-electron chi connectivity index (χ1n) is 21.0. The van der Waals surface area contributed by atoms with Crippen LogP contribution in [0.5, 0.6) is 0 Å². The van der Waals surface area contributed by atoms with E-state index >= 15 is 0 Å². The Morgan fingerprint density at radius 1 is 0.692 bits per heavy atom. The normalized spacial score (nSPS) is 16.0. The minimum Gasteiger partial charge on any atom is -0.391 e. The van der Waals surface area contributed by atoms with Crippen molar-refractivity contribution in [3.8, 4) is 55.2 Å². The number of aliphatic hydroxyl groups excluding tert-OH is 2. The van der Waals surface area contributed by atoms with E-state index in [0.717, 1.165) is 45.1 Å². The quantitative estimate of drug-likeness (QED) is 0.103. The summed E-state index contributed by atoms with van der Waals surface area (Å²) in [6.45, 7) is 9.89. The van der Waals surface area contributed by atoms with Crippen molar-refractivity contribution < 1.29 is 19.8 Å². The van der Waals surface area contributed by atoms with Crippen molar-refractivity contribution in [3.63, 3.8) is 0 Å². The highest BCUT2D eigenvalue weighted by molar-refractivity contribution is 7.17. The molecule has 4 N–H and O–H groups in total. The number of aliphatic hydroxyl groups is 2. The number of anilines is 2. The van der Waals surface area contributed by atoms with E-state index in [9.17, 15) is 19.8 Å². The summed E-state index contributed by atoms with van der Waals surface area (Å²) in [5.41, 5.74) is 7.74. The molecule has 336 valence electrons. The van der Waals surface area contributed by atoms with E-state index in [2.05, 4.69) is 64.9 Å². The molecule has 9 rings (SSSR count). The minimum absolute atomic E-state index is 0.166. The second-order valence-electron chi connectivity index (χ2n) is 16.2. The summed E-state index contributed by atoms with van der Waals surface area (Å²) in [5.74, 6) is -0.411. The lowest BCUT2D eigenvalue weighted by Crippen LogP contribution is -2.29. The summed E-state index contributed by atoms with van der Waals surface area (Å²) in [6, 6.07) is 15.4. The van der Waals surface area contributed by atoms with Gasteiger partial charge >= 0.3 is 0 Å². The lowest BCUT2D eigenvalue weighted by Gasteiger charge is -2.15. The maximum atomic E-state index is 12.8. The van der Waals surface area contributed by atoms with Gasteiger partial charge in [-0.1, -0.05) is 46.4 Å². The van der Waals surface area contributed by atoms with Crippen LogP contribution in [0, 0.1) is 0 Å². The molecular formula is C44H47ClN14O4S2. The molecule has 2 fully saturated rings. The largest absolute Gasteiger partial charge is 0.391 e. The molecule has 2 aliphatic heterocycles. The number of aryl methyl sites for hydroxylation is 1. The summed E-state index contributed by atoms with van der Waals surface area (Å²) in [5, 5.41) is 49.4. The van der Waals surface area contributed by atoms with Crippen molar-refractivity contribution in [1.82, 2.24) is 59.9 Å². The topological polar surface area (TPSA) is 226 Å². The Bertz CT molecular complexity index is 2810. The highest BCUT2D eigenvalue weighted by Crippen LogP contribution is 2.35. The Morgan fingerprint density at radius 3 is 1.63 bits per heavy atom. The van der Waals surface area contributed by atoms with Gasteiger partial charge in [0.15, 0.2) is 10.0 Å². The number of carbonyl (C=O) groups excluding carboxylic acids is 2. The number of pyridine rings is 4. The molecule has 9 heterocycles. The Morgan fingerprint density at radius 2 is 1.18 bits per heavy atom. The van der Waals surface area contributed by atoms with E-state index in [1.807, 2.05) is 69.6 Å². The molecule has 2 atom stereocenters. The van der Waals surface area contributed by atoms with E-state index in [-0.39, 0.29) is 23.9 Å². The van der Waals surface area contributed by atoms with Gasteiger partial charge in [0.05, 0.1) is 58.0 Å². The van der Waals surface area contributed by atoms with Crippen LogP contribution in [-0.2, 0) is 7.05 Å². The lowest BCUT2D eigenvalue weighted by atomic mass is 10.1. The lowest BCUT2D eigenvalue weighted by molar-refractivity contribution is 0.0758. The Labute approximate surface area is 387 Å². The van der Waals surface area contributed by atoms with Gasteiger partial charge in [0.25, 0.3) is 11.8 Å².